The first-order chi connectivity index (χ1) is 21.6. The number of aliphatic imine (C=N–C) groups is 2. The molecule has 0 saturated carbocycles. The van der Waals surface area contributed by atoms with E-state index in [1.165, 1.54) is 0 Å². The summed E-state index contributed by atoms with van der Waals surface area (Å²) in [7, 11) is 0. The van der Waals surface area contributed by atoms with Gasteiger partial charge in [0.05, 0.1) is 22.8 Å². The van der Waals surface area contributed by atoms with Gasteiger partial charge in [-0.3, -0.25) is 29.2 Å². The smallest absolute Gasteiger partial charge is 0.136 e. The number of Topliss-reactive ketones (excluding diaryl/α,β-unsaturated/α-hetero) is 4. The van der Waals surface area contributed by atoms with Crippen LogP contribution < -0.4 is 0 Å². The zero-order valence-corrected chi connectivity index (χ0v) is 29.9. The summed E-state index contributed by atoms with van der Waals surface area (Å²) in [5.41, 5.74) is 6.79. The molecule has 0 aliphatic rings. The molecule has 0 spiro atoms. The van der Waals surface area contributed by atoms with Crippen molar-refractivity contribution in [1.29, 1.82) is 0 Å². The second-order valence-electron chi connectivity index (χ2n) is 12.0. The number of unbranched alkanes of at least 4 members (excludes halogenated alkanes) is 3. The van der Waals surface area contributed by atoms with Gasteiger partial charge < -0.3 is 0 Å². The number of benzene rings is 2. The van der Waals surface area contributed by atoms with Gasteiger partial charge in [0.25, 0.3) is 0 Å². The fourth-order valence-electron chi connectivity index (χ4n) is 5.16. The maximum atomic E-state index is 12.4. The molecule has 0 N–H and O–H groups in total. The van der Waals surface area contributed by atoms with Gasteiger partial charge in [-0.2, -0.15) is 0 Å². The predicted octanol–water partition coefficient (Wildman–Crippen LogP) is 9.39. The Hall–Kier alpha value is -3.05. The van der Waals surface area contributed by atoms with E-state index in [9.17, 15) is 19.2 Å². The van der Waals surface area contributed by atoms with Crippen molar-refractivity contribution < 1.29 is 35.7 Å². The number of hydrogen-bond acceptors (Lipinski definition) is 6. The van der Waals surface area contributed by atoms with Crippen LogP contribution in [0.1, 0.15) is 134 Å². The van der Waals surface area contributed by atoms with Crippen molar-refractivity contribution in [3.05, 3.63) is 58.7 Å². The predicted molar refractivity (Wildman–Crippen MR) is 187 cm³/mol. The van der Waals surface area contributed by atoms with E-state index in [4.69, 9.17) is 9.98 Å². The molecule has 0 aliphatic carbocycles. The Morgan fingerprint density at radius 3 is 1.04 bits per heavy atom. The van der Waals surface area contributed by atoms with Crippen LogP contribution >= 0.6 is 0 Å². The molecule has 0 radical (unpaired) electrons. The number of carbonyl (C=O) groups excluding carboxylic acids is 4. The second-order valence-corrected chi connectivity index (χ2v) is 12.0. The van der Waals surface area contributed by atoms with Gasteiger partial charge in [-0.25, -0.2) is 0 Å². The molecule has 0 aliphatic heterocycles. The molecule has 0 bridgehead atoms. The van der Waals surface area contributed by atoms with Crippen LogP contribution in [0.25, 0.3) is 0 Å². The molecule has 7 heteroatoms. The Morgan fingerprint density at radius 1 is 0.457 bits per heavy atom. The van der Waals surface area contributed by atoms with Gasteiger partial charge >= 0.3 is 0 Å². The van der Waals surface area contributed by atoms with Crippen molar-refractivity contribution in [2.75, 3.05) is 0 Å². The third-order valence-electron chi connectivity index (χ3n) is 7.90. The molecule has 0 fully saturated rings. The molecule has 0 atom stereocenters. The van der Waals surface area contributed by atoms with Gasteiger partial charge in [0.15, 0.2) is 0 Å². The summed E-state index contributed by atoms with van der Waals surface area (Å²) < 4.78 is 0. The Labute approximate surface area is 287 Å². The largest absolute Gasteiger partial charge is 0.299 e. The summed E-state index contributed by atoms with van der Waals surface area (Å²) in [5, 5.41) is 0. The Balaban J connectivity index is 0.0000106. The molecule has 2 aromatic rings. The SMILES string of the molecule is CCCCCC(=Nc1cc(CC(=O)CC)cc(CC(=O)CC)c1)C(CCCC)=Nc1cc(CC(=O)CC)cc(CC(=O)CC)c1.[Ni]. The van der Waals surface area contributed by atoms with Crippen molar-refractivity contribution in [1.82, 2.24) is 0 Å². The summed E-state index contributed by atoms with van der Waals surface area (Å²) in [6.07, 6.45) is 9.68. The first-order valence-electron chi connectivity index (χ1n) is 17.1. The summed E-state index contributed by atoms with van der Waals surface area (Å²) in [5.74, 6) is 0.596. The molecule has 2 rings (SSSR count). The Bertz CT molecular complexity index is 1300. The molecule has 254 valence electrons. The normalized spacial score (nSPS) is 11.7. The summed E-state index contributed by atoms with van der Waals surface area (Å²) >= 11 is 0. The topological polar surface area (TPSA) is 93.0 Å². The fourth-order valence-corrected chi connectivity index (χ4v) is 5.16. The van der Waals surface area contributed by atoms with Crippen molar-refractivity contribution in [3.8, 4) is 0 Å². The summed E-state index contributed by atoms with van der Waals surface area (Å²) in [6.45, 7) is 11.8. The number of carbonyl (C=O) groups is 4. The van der Waals surface area contributed by atoms with Crippen molar-refractivity contribution in [3.63, 3.8) is 0 Å². The molecular formula is C39H54N2NiO4. The quantitative estimate of drug-likeness (QED) is 0.0707. The summed E-state index contributed by atoms with van der Waals surface area (Å²) in [4.78, 5) is 59.9. The van der Waals surface area contributed by atoms with Crippen molar-refractivity contribution in [2.45, 2.75) is 138 Å². The molecule has 0 saturated heterocycles. The van der Waals surface area contributed by atoms with Crippen LogP contribution in [0.4, 0.5) is 11.4 Å². The third kappa shape index (κ3) is 15.0. The van der Waals surface area contributed by atoms with E-state index >= 15 is 0 Å². The average molecular weight is 674 g/mol. The monoisotopic (exact) mass is 672 g/mol. The summed E-state index contributed by atoms with van der Waals surface area (Å²) in [6, 6.07) is 11.8. The zero-order chi connectivity index (χ0) is 33.2. The van der Waals surface area contributed by atoms with E-state index in [-0.39, 0.29) is 39.6 Å². The minimum absolute atomic E-state index is 0. The Kier molecular flexibility index (Phi) is 20.0. The van der Waals surface area contributed by atoms with Gasteiger partial charge in [-0.1, -0.05) is 72.9 Å². The van der Waals surface area contributed by atoms with Crippen LogP contribution in [0, 0.1) is 0 Å². The fraction of sp³-hybridized carbons (Fsp3) is 0.538. The minimum Gasteiger partial charge on any atom is -0.299 e. The van der Waals surface area contributed by atoms with Gasteiger partial charge in [-0.15, -0.1) is 0 Å². The van der Waals surface area contributed by atoms with E-state index in [1.54, 1.807) is 0 Å². The van der Waals surface area contributed by atoms with Gasteiger partial charge in [0.2, 0.25) is 0 Å². The number of nitrogens with zero attached hydrogens (tertiary/aromatic N) is 2. The third-order valence-corrected chi connectivity index (χ3v) is 7.90. The zero-order valence-electron chi connectivity index (χ0n) is 28.9. The molecular weight excluding hydrogens is 619 g/mol. The van der Waals surface area contributed by atoms with E-state index in [0.29, 0.717) is 51.4 Å². The number of ketones is 4. The van der Waals surface area contributed by atoms with Crippen molar-refractivity contribution >= 4 is 45.9 Å². The second kappa shape index (κ2) is 22.5. The molecule has 46 heavy (non-hydrogen) atoms. The molecule has 0 aromatic heterocycles. The first kappa shape index (κ1) is 41.0. The van der Waals surface area contributed by atoms with Crippen LogP contribution in [0.15, 0.2) is 46.4 Å². The van der Waals surface area contributed by atoms with Crippen LogP contribution in [-0.2, 0) is 61.4 Å². The van der Waals surface area contributed by atoms with Gasteiger partial charge in [0.1, 0.15) is 23.1 Å². The van der Waals surface area contributed by atoms with Crippen LogP contribution in [0.2, 0.25) is 0 Å². The van der Waals surface area contributed by atoms with Gasteiger partial charge in [0, 0.05) is 67.9 Å². The maximum absolute atomic E-state index is 12.4. The number of hydrogen-bond donors (Lipinski definition) is 0. The van der Waals surface area contributed by atoms with E-state index in [2.05, 4.69) is 13.8 Å². The first-order valence-corrected chi connectivity index (χ1v) is 17.1. The Morgan fingerprint density at radius 2 is 0.761 bits per heavy atom. The molecule has 2 aromatic carbocycles. The average Bonchev–Trinajstić information content (AvgIpc) is 3.02. The molecule has 0 heterocycles. The number of rotatable bonds is 22. The van der Waals surface area contributed by atoms with Gasteiger partial charge in [-0.05, 0) is 72.2 Å². The van der Waals surface area contributed by atoms with E-state index < -0.39 is 0 Å². The van der Waals surface area contributed by atoms with E-state index in [1.807, 2.05) is 64.1 Å². The van der Waals surface area contributed by atoms with Crippen LogP contribution in [0.5, 0.6) is 0 Å². The standard InChI is InChI=1S/C39H54N2O4.Ni/c1-7-13-15-17-39(41-33-22-30(26-36(44)11-5)19-31(23-33)27-37(45)12-6)38(16-14-8-2)40-32-20-28(24-34(42)9-3)18-29(21-32)25-35(43)10-4;/h18-23H,7-17,24-27H2,1-6H3;. The van der Waals surface area contributed by atoms with Crippen LogP contribution in [0.3, 0.4) is 0 Å². The molecule has 0 amide bonds. The molecule has 0 unspecified atom stereocenters. The maximum Gasteiger partial charge on any atom is 0.136 e. The molecule has 6 nitrogen and oxygen atoms in total. The van der Waals surface area contributed by atoms with Crippen LogP contribution in [-0.4, -0.2) is 34.6 Å². The van der Waals surface area contributed by atoms with E-state index in [0.717, 1.165) is 90.0 Å². The minimum atomic E-state index is 0. The van der Waals surface area contributed by atoms with Crippen molar-refractivity contribution in [2.24, 2.45) is 9.98 Å².